The van der Waals surface area contributed by atoms with Gasteiger partial charge in [-0.15, -0.1) is 0 Å². The van der Waals surface area contributed by atoms with E-state index in [1.807, 2.05) is 0 Å². The van der Waals surface area contributed by atoms with Crippen molar-refractivity contribution in [2.45, 2.75) is 38.6 Å². The van der Waals surface area contributed by atoms with E-state index in [1.165, 1.54) is 18.4 Å². The molecular weight excluding hydrogens is 202 g/mol. The second-order valence-corrected chi connectivity index (χ2v) is 4.17. The number of H-pyrrole nitrogens is 1. The zero-order chi connectivity index (χ0) is 11.2. The van der Waals surface area contributed by atoms with Gasteiger partial charge in [0.25, 0.3) is 0 Å². The number of rotatable bonds is 4. The molecule has 2 N–H and O–H groups in total. The van der Waals surface area contributed by atoms with Crippen LogP contribution < -0.4 is 5.32 Å². The fraction of sp³-hybridized carbons (Fsp3) is 0.500. The normalized spacial score (nSPS) is 15.6. The summed E-state index contributed by atoms with van der Waals surface area (Å²) in [6.07, 6.45) is 11.0. The van der Waals surface area contributed by atoms with Crippen LogP contribution in [-0.4, -0.2) is 16.1 Å². The largest absolute Gasteiger partial charge is 0.352 e. The zero-order valence-electron chi connectivity index (χ0n) is 9.33. The molecule has 0 aromatic carbocycles. The van der Waals surface area contributed by atoms with Gasteiger partial charge in [0, 0.05) is 24.7 Å². The van der Waals surface area contributed by atoms with Crippen molar-refractivity contribution in [1.29, 1.82) is 0 Å². The van der Waals surface area contributed by atoms with E-state index in [4.69, 9.17) is 0 Å². The van der Waals surface area contributed by atoms with Crippen LogP contribution in [0.3, 0.4) is 0 Å². The van der Waals surface area contributed by atoms with Crippen molar-refractivity contribution < 1.29 is 4.79 Å². The number of aromatic amines is 1. The molecule has 0 spiro atoms. The summed E-state index contributed by atoms with van der Waals surface area (Å²) in [7, 11) is 0. The molecule has 16 heavy (non-hydrogen) atoms. The highest BCUT2D eigenvalue weighted by molar-refractivity contribution is 5.78. The Hall–Kier alpha value is -1.58. The van der Waals surface area contributed by atoms with E-state index in [1.54, 1.807) is 12.4 Å². The highest BCUT2D eigenvalue weighted by atomic mass is 16.1. The van der Waals surface area contributed by atoms with Gasteiger partial charge < -0.3 is 5.32 Å². The molecule has 0 atom stereocenters. The topological polar surface area (TPSA) is 57.8 Å². The Kier molecular flexibility index (Phi) is 3.75. The number of nitrogens with zero attached hydrogens (tertiary/aromatic N) is 1. The van der Waals surface area contributed by atoms with Crippen LogP contribution in [0.25, 0.3) is 0 Å². The molecule has 0 saturated carbocycles. The van der Waals surface area contributed by atoms with Gasteiger partial charge in [0.05, 0.1) is 6.20 Å². The van der Waals surface area contributed by atoms with Crippen LogP contribution in [0.2, 0.25) is 0 Å². The Labute approximate surface area is 95.1 Å². The fourth-order valence-electron chi connectivity index (χ4n) is 1.91. The second kappa shape index (κ2) is 5.49. The number of nitrogens with one attached hydrogen (secondary N) is 2. The lowest BCUT2D eigenvalue weighted by Crippen LogP contribution is -2.23. The fourth-order valence-corrected chi connectivity index (χ4v) is 1.91. The minimum atomic E-state index is 0.106. The van der Waals surface area contributed by atoms with Crippen molar-refractivity contribution in [2.75, 3.05) is 0 Å². The first kappa shape index (κ1) is 10.9. The smallest absolute Gasteiger partial charge is 0.224 e. The molecule has 1 aromatic rings. The summed E-state index contributed by atoms with van der Waals surface area (Å²) in [5, 5.41) is 9.44. The summed E-state index contributed by atoms with van der Waals surface area (Å²) >= 11 is 0. The highest BCUT2D eigenvalue weighted by Gasteiger charge is 2.08. The number of aromatic nitrogens is 2. The van der Waals surface area contributed by atoms with Gasteiger partial charge in [-0.05, 0) is 25.7 Å². The second-order valence-electron chi connectivity index (χ2n) is 4.17. The minimum absolute atomic E-state index is 0.106. The van der Waals surface area contributed by atoms with Crippen molar-refractivity contribution >= 4 is 5.91 Å². The molecule has 1 aromatic heterocycles. The number of amides is 1. The third kappa shape index (κ3) is 3.22. The summed E-state index contributed by atoms with van der Waals surface area (Å²) < 4.78 is 0. The predicted molar refractivity (Wildman–Crippen MR) is 61.6 cm³/mol. The summed E-state index contributed by atoms with van der Waals surface area (Å²) in [6.45, 7) is 0.558. The molecule has 1 aliphatic rings. The monoisotopic (exact) mass is 219 g/mol. The van der Waals surface area contributed by atoms with Crippen molar-refractivity contribution in [3.05, 3.63) is 29.6 Å². The molecule has 0 unspecified atom stereocenters. The van der Waals surface area contributed by atoms with E-state index < -0.39 is 0 Å². The van der Waals surface area contributed by atoms with Crippen LogP contribution >= 0.6 is 0 Å². The van der Waals surface area contributed by atoms with Gasteiger partial charge >= 0.3 is 0 Å². The summed E-state index contributed by atoms with van der Waals surface area (Å²) in [5.74, 6) is 0.106. The zero-order valence-corrected chi connectivity index (χ0v) is 9.33. The molecule has 86 valence electrons. The van der Waals surface area contributed by atoms with Crippen molar-refractivity contribution in [3.63, 3.8) is 0 Å². The lowest BCUT2D eigenvalue weighted by atomic mass is 9.97. The maximum absolute atomic E-state index is 11.6. The van der Waals surface area contributed by atoms with Gasteiger partial charge in [0.2, 0.25) is 5.91 Å². The average Bonchev–Trinajstić information content (AvgIpc) is 2.81. The molecule has 0 radical (unpaired) electrons. The van der Waals surface area contributed by atoms with E-state index in [2.05, 4.69) is 21.6 Å². The Balaban J connectivity index is 1.74. The molecule has 0 bridgehead atoms. The van der Waals surface area contributed by atoms with Gasteiger partial charge in [-0.1, -0.05) is 11.6 Å². The quantitative estimate of drug-likeness (QED) is 0.760. The Bertz CT molecular complexity index is 368. The summed E-state index contributed by atoms with van der Waals surface area (Å²) in [5.41, 5.74) is 2.29. The third-order valence-corrected chi connectivity index (χ3v) is 2.82. The van der Waals surface area contributed by atoms with Crippen molar-refractivity contribution in [2.24, 2.45) is 0 Å². The molecule has 1 aliphatic carbocycles. The van der Waals surface area contributed by atoms with Crippen LogP contribution in [-0.2, 0) is 11.3 Å². The van der Waals surface area contributed by atoms with Gasteiger partial charge in [-0.25, -0.2) is 0 Å². The van der Waals surface area contributed by atoms with Gasteiger partial charge in [0.1, 0.15) is 0 Å². The molecular formula is C12H17N3O. The van der Waals surface area contributed by atoms with Crippen LogP contribution in [0.1, 0.15) is 37.7 Å². The van der Waals surface area contributed by atoms with E-state index in [0.717, 1.165) is 18.4 Å². The predicted octanol–water partition coefficient (Wildman–Crippen LogP) is 1.92. The maximum Gasteiger partial charge on any atom is 0.224 e. The molecule has 2 rings (SSSR count). The SMILES string of the molecule is O=C(CC1=CCCCC1)NCc1cn[nH]c1. The number of allylic oxidation sites excluding steroid dienone is 1. The molecule has 1 heterocycles. The summed E-state index contributed by atoms with van der Waals surface area (Å²) in [6, 6.07) is 0. The van der Waals surface area contributed by atoms with Crippen molar-refractivity contribution in [3.8, 4) is 0 Å². The number of hydrogen-bond donors (Lipinski definition) is 2. The van der Waals surface area contributed by atoms with E-state index in [9.17, 15) is 4.79 Å². The van der Waals surface area contributed by atoms with E-state index >= 15 is 0 Å². The molecule has 0 aliphatic heterocycles. The lowest BCUT2D eigenvalue weighted by Gasteiger charge is -2.12. The number of hydrogen-bond acceptors (Lipinski definition) is 2. The first-order chi connectivity index (χ1) is 7.84. The van der Waals surface area contributed by atoms with Gasteiger partial charge in [-0.2, -0.15) is 5.10 Å². The highest BCUT2D eigenvalue weighted by Crippen LogP contribution is 2.19. The minimum Gasteiger partial charge on any atom is -0.352 e. The van der Waals surface area contributed by atoms with E-state index in [-0.39, 0.29) is 5.91 Å². The van der Waals surface area contributed by atoms with Crippen LogP contribution in [0, 0.1) is 0 Å². The molecule has 4 nitrogen and oxygen atoms in total. The van der Waals surface area contributed by atoms with E-state index in [0.29, 0.717) is 13.0 Å². The molecule has 0 fully saturated rings. The van der Waals surface area contributed by atoms with Crippen LogP contribution in [0.5, 0.6) is 0 Å². The van der Waals surface area contributed by atoms with Crippen molar-refractivity contribution in [1.82, 2.24) is 15.5 Å². The summed E-state index contributed by atoms with van der Waals surface area (Å²) in [4.78, 5) is 11.6. The molecule has 1 amide bonds. The standard InChI is InChI=1S/C12H17N3O/c16-12(6-10-4-2-1-3-5-10)13-7-11-8-14-15-9-11/h4,8-9H,1-3,5-7H2,(H,13,16)(H,14,15). The maximum atomic E-state index is 11.6. The number of carbonyl (C=O) groups excluding carboxylic acids is 1. The van der Waals surface area contributed by atoms with Gasteiger partial charge in [0.15, 0.2) is 0 Å². The Morgan fingerprint density at radius 3 is 3.12 bits per heavy atom. The molecule has 0 saturated heterocycles. The van der Waals surface area contributed by atoms with Crippen LogP contribution in [0.15, 0.2) is 24.0 Å². The molecule has 4 heteroatoms. The van der Waals surface area contributed by atoms with Crippen LogP contribution in [0.4, 0.5) is 0 Å². The van der Waals surface area contributed by atoms with Gasteiger partial charge in [-0.3, -0.25) is 9.89 Å². The first-order valence-electron chi connectivity index (χ1n) is 5.77. The Morgan fingerprint density at radius 1 is 1.50 bits per heavy atom. The lowest BCUT2D eigenvalue weighted by molar-refractivity contribution is -0.120. The third-order valence-electron chi connectivity index (χ3n) is 2.82. The number of carbonyl (C=O) groups is 1. The Morgan fingerprint density at radius 2 is 2.44 bits per heavy atom. The average molecular weight is 219 g/mol. The first-order valence-corrected chi connectivity index (χ1v) is 5.77.